The second kappa shape index (κ2) is 14.0. The summed E-state index contributed by atoms with van der Waals surface area (Å²) in [5, 5.41) is 9.36. The maximum absolute atomic E-state index is 12.7. The van der Waals surface area contributed by atoms with Gasteiger partial charge in [-0.15, -0.1) is 0 Å². The highest BCUT2D eigenvalue weighted by atomic mass is 16.1. The molecule has 0 bridgehead atoms. The SMILES string of the molecule is CCCc1ccc(-c2ccc(N(c3ccc(-c4ccc(CCC)cc4)cc3)c3ccc4c5cccc6c(C(C)=O)ccc(c7cccc3c74)c65)cc2)cc1. The fourth-order valence-electron chi connectivity index (χ4n) is 8.54. The molecule has 0 heterocycles. The number of benzene rings is 9. The molecular formula is C52H43NO. The summed E-state index contributed by atoms with van der Waals surface area (Å²) in [6.45, 7) is 6.11. The monoisotopic (exact) mass is 697 g/mol. The normalized spacial score (nSPS) is 11.6. The average molecular weight is 698 g/mol. The third kappa shape index (κ3) is 5.79. The second-order valence-electron chi connectivity index (χ2n) is 14.6. The first-order valence-corrected chi connectivity index (χ1v) is 19.3. The van der Waals surface area contributed by atoms with Crippen LogP contribution in [0, 0.1) is 0 Å². The molecule has 0 spiro atoms. The molecule has 0 aliphatic heterocycles. The van der Waals surface area contributed by atoms with Crippen LogP contribution in [0.4, 0.5) is 17.1 Å². The van der Waals surface area contributed by atoms with E-state index >= 15 is 0 Å². The highest BCUT2D eigenvalue weighted by Crippen LogP contribution is 2.46. The molecule has 0 saturated heterocycles. The van der Waals surface area contributed by atoms with E-state index in [1.807, 2.05) is 6.07 Å². The van der Waals surface area contributed by atoms with Crippen LogP contribution < -0.4 is 4.90 Å². The van der Waals surface area contributed by atoms with Gasteiger partial charge < -0.3 is 4.90 Å². The highest BCUT2D eigenvalue weighted by Gasteiger charge is 2.21. The predicted octanol–water partition coefficient (Wildman–Crippen LogP) is 14.6. The lowest BCUT2D eigenvalue weighted by Gasteiger charge is -2.28. The van der Waals surface area contributed by atoms with Gasteiger partial charge >= 0.3 is 0 Å². The smallest absolute Gasteiger partial charge is 0.160 e. The molecule has 0 amide bonds. The molecule has 0 unspecified atom stereocenters. The number of ketones is 1. The van der Waals surface area contributed by atoms with Crippen molar-refractivity contribution >= 4 is 65.9 Å². The largest absolute Gasteiger partial charge is 0.310 e. The van der Waals surface area contributed by atoms with Crippen LogP contribution in [0.25, 0.3) is 65.3 Å². The minimum absolute atomic E-state index is 0.0905. The van der Waals surface area contributed by atoms with E-state index < -0.39 is 0 Å². The van der Waals surface area contributed by atoms with E-state index in [0.717, 1.165) is 59.1 Å². The zero-order valence-corrected chi connectivity index (χ0v) is 31.2. The first-order chi connectivity index (χ1) is 26.5. The van der Waals surface area contributed by atoms with E-state index in [1.54, 1.807) is 6.92 Å². The van der Waals surface area contributed by atoms with Crippen molar-refractivity contribution in [3.63, 3.8) is 0 Å². The second-order valence-corrected chi connectivity index (χ2v) is 14.6. The molecule has 9 aromatic rings. The molecule has 0 radical (unpaired) electrons. The van der Waals surface area contributed by atoms with Gasteiger partial charge in [0, 0.05) is 22.3 Å². The molecule has 9 aromatic carbocycles. The number of carbonyl (C=O) groups excluding carboxylic acids is 1. The molecule has 54 heavy (non-hydrogen) atoms. The zero-order chi connectivity index (χ0) is 36.8. The molecule has 0 aliphatic carbocycles. The summed E-state index contributed by atoms with van der Waals surface area (Å²) in [5.41, 5.74) is 11.7. The van der Waals surface area contributed by atoms with Gasteiger partial charge in [0.25, 0.3) is 0 Å². The molecule has 2 nitrogen and oxygen atoms in total. The van der Waals surface area contributed by atoms with Crippen molar-refractivity contribution in [1.82, 2.24) is 0 Å². The lowest BCUT2D eigenvalue weighted by Crippen LogP contribution is -2.10. The van der Waals surface area contributed by atoms with Crippen molar-refractivity contribution in [2.45, 2.75) is 46.5 Å². The average Bonchev–Trinajstić information content (AvgIpc) is 3.21. The number of hydrogen-bond acceptors (Lipinski definition) is 2. The predicted molar refractivity (Wildman–Crippen MR) is 231 cm³/mol. The fraction of sp³-hybridized carbons (Fsp3) is 0.135. The Hall–Kier alpha value is -6.25. The number of hydrogen-bond donors (Lipinski definition) is 0. The molecule has 2 heteroatoms. The molecule has 0 fully saturated rings. The van der Waals surface area contributed by atoms with E-state index in [0.29, 0.717) is 0 Å². The lowest BCUT2D eigenvalue weighted by atomic mass is 9.87. The lowest BCUT2D eigenvalue weighted by molar-refractivity contribution is 0.101. The van der Waals surface area contributed by atoms with Crippen LogP contribution in [0.3, 0.4) is 0 Å². The quantitative estimate of drug-likeness (QED) is 0.0805. The molecule has 0 N–H and O–H groups in total. The number of nitrogens with zero attached hydrogens (tertiary/aromatic N) is 1. The van der Waals surface area contributed by atoms with Crippen molar-refractivity contribution in [3.05, 3.63) is 174 Å². The number of Topliss-reactive ketones (excluding diaryl/α,β-unsaturated/α-hetero) is 1. The summed E-state index contributed by atoms with van der Waals surface area (Å²) in [5.74, 6) is 0.0905. The van der Waals surface area contributed by atoms with E-state index in [4.69, 9.17) is 0 Å². The summed E-state index contributed by atoms with van der Waals surface area (Å²) in [6, 6.07) is 57.8. The van der Waals surface area contributed by atoms with Crippen LogP contribution >= 0.6 is 0 Å². The van der Waals surface area contributed by atoms with Crippen LogP contribution in [0.1, 0.15) is 55.1 Å². The van der Waals surface area contributed by atoms with E-state index in [9.17, 15) is 4.79 Å². The van der Waals surface area contributed by atoms with Crippen molar-refractivity contribution < 1.29 is 4.79 Å². The van der Waals surface area contributed by atoms with E-state index in [2.05, 4.69) is 170 Å². The van der Waals surface area contributed by atoms with Crippen molar-refractivity contribution in [1.29, 1.82) is 0 Å². The maximum atomic E-state index is 12.7. The highest BCUT2D eigenvalue weighted by molar-refractivity contribution is 6.35. The molecule has 0 atom stereocenters. The van der Waals surface area contributed by atoms with Crippen LogP contribution in [0.5, 0.6) is 0 Å². The Morgan fingerprint density at radius 3 is 1.28 bits per heavy atom. The topological polar surface area (TPSA) is 20.3 Å². The Morgan fingerprint density at radius 2 is 0.815 bits per heavy atom. The zero-order valence-electron chi connectivity index (χ0n) is 31.2. The van der Waals surface area contributed by atoms with Crippen molar-refractivity contribution in [2.75, 3.05) is 4.90 Å². The number of rotatable bonds is 10. The van der Waals surface area contributed by atoms with Crippen LogP contribution in [0.2, 0.25) is 0 Å². The molecule has 0 aliphatic rings. The van der Waals surface area contributed by atoms with Gasteiger partial charge in [0.15, 0.2) is 5.78 Å². The Bertz CT molecular complexity index is 2660. The Balaban J connectivity index is 1.21. The summed E-state index contributed by atoms with van der Waals surface area (Å²) < 4.78 is 0. The standard InChI is InChI=1S/C52H43NO/c1-4-8-35-14-18-37(19-15-35)39-22-26-41(27-23-39)53(42-28-24-40(25-29-42)38-20-16-36(9-5-2)17-21-38)50-33-32-48-45-11-6-10-44-43(34(3)54)30-31-47(51(44)45)46-12-7-13-49(50)52(46)48/h6-7,10-33H,4-5,8-9H2,1-3H3. The van der Waals surface area contributed by atoms with Crippen molar-refractivity contribution in [2.24, 2.45) is 0 Å². The fourth-order valence-corrected chi connectivity index (χ4v) is 8.54. The first kappa shape index (κ1) is 33.6. The molecule has 0 saturated carbocycles. The number of aryl methyl sites for hydroxylation is 2. The molecular weight excluding hydrogens is 655 g/mol. The summed E-state index contributed by atoms with van der Waals surface area (Å²) in [4.78, 5) is 15.1. The van der Waals surface area contributed by atoms with Gasteiger partial charge in [0.05, 0.1) is 5.69 Å². The minimum Gasteiger partial charge on any atom is -0.310 e. The number of fused-ring (bicyclic) bond motifs is 2. The van der Waals surface area contributed by atoms with Gasteiger partial charge in [-0.25, -0.2) is 0 Å². The van der Waals surface area contributed by atoms with Gasteiger partial charge in [0.2, 0.25) is 0 Å². The van der Waals surface area contributed by atoms with Gasteiger partial charge in [0.1, 0.15) is 0 Å². The van der Waals surface area contributed by atoms with Gasteiger partial charge in [-0.2, -0.15) is 0 Å². The maximum Gasteiger partial charge on any atom is 0.160 e. The molecule has 262 valence electrons. The van der Waals surface area contributed by atoms with Gasteiger partial charge in [-0.3, -0.25) is 4.79 Å². The van der Waals surface area contributed by atoms with Crippen LogP contribution in [0.15, 0.2) is 158 Å². The minimum atomic E-state index is 0.0905. The third-order valence-electron chi connectivity index (χ3n) is 11.2. The first-order valence-electron chi connectivity index (χ1n) is 19.3. The molecule has 9 rings (SSSR count). The van der Waals surface area contributed by atoms with Crippen molar-refractivity contribution in [3.8, 4) is 22.3 Å². The van der Waals surface area contributed by atoms with Crippen LogP contribution in [-0.2, 0) is 12.8 Å². The Labute approximate surface area is 317 Å². The summed E-state index contributed by atoms with van der Waals surface area (Å²) in [7, 11) is 0. The summed E-state index contributed by atoms with van der Waals surface area (Å²) >= 11 is 0. The number of carbonyl (C=O) groups is 1. The van der Waals surface area contributed by atoms with Gasteiger partial charge in [-0.1, -0.05) is 154 Å². The Kier molecular flexibility index (Phi) is 8.67. The van der Waals surface area contributed by atoms with Crippen LogP contribution in [-0.4, -0.2) is 5.78 Å². The van der Waals surface area contributed by atoms with E-state index in [1.165, 1.54) is 65.7 Å². The number of anilines is 3. The third-order valence-corrected chi connectivity index (χ3v) is 11.2. The molecule has 0 aromatic heterocycles. The Morgan fingerprint density at radius 1 is 0.426 bits per heavy atom. The van der Waals surface area contributed by atoms with E-state index in [-0.39, 0.29) is 5.78 Å². The summed E-state index contributed by atoms with van der Waals surface area (Å²) in [6.07, 6.45) is 4.50. The van der Waals surface area contributed by atoms with Gasteiger partial charge in [-0.05, 0) is 121 Å².